The van der Waals surface area contributed by atoms with E-state index in [9.17, 15) is 4.79 Å². The summed E-state index contributed by atoms with van der Waals surface area (Å²) < 4.78 is 5.12. The summed E-state index contributed by atoms with van der Waals surface area (Å²) in [5, 5.41) is 0. The van der Waals surface area contributed by atoms with Crippen LogP contribution < -0.4 is 0 Å². The van der Waals surface area contributed by atoms with Crippen molar-refractivity contribution in [3.8, 4) is 0 Å². The third kappa shape index (κ3) is 5.53. The zero-order valence-electron chi connectivity index (χ0n) is 10.9. The fraction of sp³-hybridized carbons (Fsp3) is 0.533. The van der Waals surface area contributed by atoms with Gasteiger partial charge in [0.15, 0.2) is 0 Å². The van der Waals surface area contributed by atoms with Crippen LogP contribution in [0, 0.1) is 0 Å². The van der Waals surface area contributed by atoms with Gasteiger partial charge in [0.05, 0.1) is 6.61 Å². The maximum atomic E-state index is 11.4. The SMILES string of the molecule is CCCCOC(=O)CCc1cccc(CC)c1. The van der Waals surface area contributed by atoms with Crippen LogP contribution in [0.4, 0.5) is 0 Å². The minimum atomic E-state index is -0.0830. The van der Waals surface area contributed by atoms with Crippen molar-refractivity contribution >= 4 is 5.97 Å². The van der Waals surface area contributed by atoms with Gasteiger partial charge in [0, 0.05) is 6.42 Å². The van der Waals surface area contributed by atoms with Crippen LogP contribution in [0.15, 0.2) is 24.3 Å². The largest absolute Gasteiger partial charge is 0.466 e. The summed E-state index contributed by atoms with van der Waals surface area (Å²) in [5.74, 6) is -0.0830. The predicted molar refractivity (Wildman–Crippen MR) is 70.0 cm³/mol. The zero-order chi connectivity index (χ0) is 12.5. The molecule has 0 amide bonds. The molecule has 0 radical (unpaired) electrons. The Morgan fingerprint density at radius 2 is 2.00 bits per heavy atom. The number of benzene rings is 1. The van der Waals surface area contributed by atoms with Crippen molar-refractivity contribution in [1.82, 2.24) is 0 Å². The minimum absolute atomic E-state index is 0.0830. The first-order valence-electron chi connectivity index (χ1n) is 6.49. The third-order valence-electron chi connectivity index (χ3n) is 2.78. The molecule has 0 unspecified atom stereocenters. The average Bonchev–Trinajstić information content (AvgIpc) is 2.37. The molecule has 0 aliphatic carbocycles. The first-order chi connectivity index (χ1) is 8.26. The Bertz CT molecular complexity index is 345. The summed E-state index contributed by atoms with van der Waals surface area (Å²) in [6.45, 7) is 4.78. The molecule has 0 atom stereocenters. The van der Waals surface area contributed by atoms with Gasteiger partial charge in [0.25, 0.3) is 0 Å². The van der Waals surface area contributed by atoms with Crippen molar-refractivity contribution in [2.45, 2.75) is 46.0 Å². The highest BCUT2D eigenvalue weighted by atomic mass is 16.5. The van der Waals surface area contributed by atoms with Gasteiger partial charge in [-0.25, -0.2) is 0 Å². The second kappa shape index (κ2) is 7.88. The average molecular weight is 234 g/mol. The molecule has 0 N–H and O–H groups in total. The number of esters is 1. The topological polar surface area (TPSA) is 26.3 Å². The minimum Gasteiger partial charge on any atom is -0.466 e. The van der Waals surface area contributed by atoms with Gasteiger partial charge in [-0.1, -0.05) is 44.5 Å². The highest BCUT2D eigenvalue weighted by Gasteiger charge is 2.03. The van der Waals surface area contributed by atoms with Gasteiger partial charge in [-0.3, -0.25) is 4.79 Å². The van der Waals surface area contributed by atoms with E-state index in [1.165, 1.54) is 11.1 Å². The Balaban J connectivity index is 2.31. The Morgan fingerprint density at radius 1 is 1.24 bits per heavy atom. The maximum Gasteiger partial charge on any atom is 0.306 e. The van der Waals surface area contributed by atoms with Crippen LogP contribution in [0.2, 0.25) is 0 Å². The van der Waals surface area contributed by atoms with Gasteiger partial charge in [-0.05, 0) is 30.4 Å². The number of carbonyl (C=O) groups excluding carboxylic acids is 1. The molecule has 0 aliphatic rings. The summed E-state index contributed by atoms with van der Waals surface area (Å²) >= 11 is 0. The van der Waals surface area contributed by atoms with E-state index in [0.29, 0.717) is 13.0 Å². The van der Waals surface area contributed by atoms with Crippen LogP contribution in [0.1, 0.15) is 44.2 Å². The van der Waals surface area contributed by atoms with E-state index in [2.05, 4.69) is 38.1 Å². The fourth-order valence-electron chi connectivity index (χ4n) is 1.65. The monoisotopic (exact) mass is 234 g/mol. The van der Waals surface area contributed by atoms with Gasteiger partial charge in [-0.15, -0.1) is 0 Å². The highest BCUT2D eigenvalue weighted by Crippen LogP contribution is 2.08. The first-order valence-corrected chi connectivity index (χ1v) is 6.49. The standard InChI is InChI=1S/C15H22O2/c1-3-5-11-17-15(16)10-9-14-8-6-7-13(4-2)12-14/h6-8,12H,3-5,9-11H2,1-2H3. The molecule has 0 saturated heterocycles. The van der Waals surface area contributed by atoms with Crippen LogP contribution in [0.5, 0.6) is 0 Å². The molecule has 1 aromatic carbocycles. The molecule has 2 heteroatoms. The summed E-state index contributed by atoms with van der Waals surface area (Å²) in [6.07, 6.45) is 4.31. The molecule has 0 bridgehead atoms. The lowest BCUT2D eigenvalue weighted by Crippen LogP contribution is -2.06. The van der Waals surface area contributed by atoms with Crippen LogP contribution in [0.3, 0.4) is 0 Å². The molecule has 0 spiro atoms. The van der Waals surface area contributed by atoms with Gasteiger partial charge in [0.2, 0.25) is 0 Å². The zero-order valence-corrected chi connectivity index (χ0v) is 10.9. The third-order valence-corrected chi connectivity index (χ3v) is 2.78. The molecule has 0 fully saturated rings. The van der Waals surface area contributed by atoms with Crippen molar-refractivity contribution in [3.05, 3.63) is 35.4 Å². The molecule has 2 nitrogen and oxygen atoms in total. The lowest BCUT2D eigenvalue weighted by Gasteiger charge is -2.05. The quantitative estimate of drug-likeness (QED) is 0.533. The fourth-order valence-corrected chi connectivity index (χ4v) is 1.65. The number of hydrogen-bond donors (Lipinski definition) is 0. The summed E-state index contributed by atoms with van der Waals surface area (Å²) in [4.78, 5) is 11.4. The number of ether oxygens (including phenoxy) is 1. The van der Waals surface area contributed by atoms with Crippen LogP contribution >= 0.6 is 0 Å². The highest BCUT2D eigenvalue weighted by molar-refractivity contribution is 5.69. The number of aryl methyl sites for hydroxylation is 2. The van der Waals surface area contributed by atoms with E-state index in [1.54, 1.807) is 0 Å². The number of unbranched alkanes of at least 4 members (excludes halogenated alkanes) is 1. The molecular formula is C15H22O2. The second-order valence-corrected chi connectivity index (χ2v) is 4.25. The van der Waals surface area contributed by atoms with Crippen LogP contribution in [-0.4, -0.2) is 12.6 Å². The van der Waals surface area contributed by atoms with E-state index in [1.807, 2.05) is 0 Å². The van der Waals surface area contributed by atoms with Crippen molar-refractivity contribution in [3.63, 3.8) is 0 Å². The second-order valence-electron chi connectivity index (χ2n) is 4.25. The number of carbonyl (C=O) groups is 1. The molecule has 0 aliphatic heterocycles. The van der Waals surface area contributed by atoms with Gasteiger partial charge < -0.3 is 4.74 Å². The molecular weight excluding hydrogens is 212 g/mol. The Morgan fingerprint density at radius 3 is 2.71 bits per heavy atom. The number of rotatable bonds is 7. The number of hydrogen-bond acceptors (Lipinski definition) is 2. The summed E-state index contributed by atoms with van der Waals surface area (Å²) in [6, 6.07) is 8.40. The summed E-state index contributed by atoms with van der Waals surface area (Å²) in [7, 11) is 0. The van der Waals surface area contributed by atoms with Gasteiger partial charge in [0.1, 0.15) is 0 Å². The summed E-state index contributed by atoms with van der Waals surface area (Å²) in [5.41, 5.74) is 2.54. The lowest BCUT2D eigenvalue weighted by molar-refractivity contribution is -0.143. The van der Waals surface area contributed by atoms with Crippen molar-refractivity contribution in [2.24, 2.45) is 0 Å². The van der Waals surface area contributed by atoms with E-state index >= 15 is 0 Å². The Hall–Kier alpha value is -1.31. The first kappa shape index (κ1) is 13.8. The Labute approximate surface area is 104 Å². The predicted octanol–water partition coefficient (Wildman–Crippen LogP) is 3.52. The Kier molecular flexibility index (Phi) is 6.38. The molecule has 0 heterocycles. The van der Waals surface area contributed by atoms with E-state index in [-0.39, 0.29) is 5.97 Å². The molecule has 1 rings (SSSR count). The van der Waals surface area contributed by atoms with Crippen LogP contribution in [-0.2, 0) is 22.4 Å². The molecule has 1 aromatic rings. The van der Waals surface area contributed by atoms with Gasteiger partial charge >= 0.3 is 5.97 Å². The van der Waals surface area contributed by atoms with E-state index < -0.39 is 0 Å². The smallest absolute Gasteiger partial charge is 0.306 e. The lowest BCUT2D eigenvalue weighted by atomic mass is 10.1. The van der Waals surface area contributed by atoms with Crippen molar-refractivity contribution in [1.29, 1.82) is 0 Å². The van der Waals surface area contributed by atoms with Crippen molar-refractivity contribution < 1.29 is 9.53 Å². The molecule has 94 valence electrons. The molecule has 0 aromatic heterocycles. The van der Waals surface area contributed by atoms with Gasteiger partial charge in [-0.2, -0.15) is 0 Å². The molecule has 0 saturated carbocycles. The maximum absolute atomic E-state index is 11.4. The normalized spacial score (nSPS) is 10.2. The van der Waals surface area contributed by atoms with Crippen LogP contribution in [0.25, 0.3) is 0 Å². The van der Waals surface area contributed by atoms with E-state index in [4.69, 9.17) is 4.74 Å². The van der Waals surface area contributed by atoms with E-state index in [0.717, 1.165) is 25.7 Å². The molecule has 17 heavy (non-hydrogen) atoms. The van der Waals surface area contributed by atoms with Crippen molar-refractivity contribution in [2.75, 3.05) is 6.61 Å².